The molecule has 1 amide bonds. The van der Waals surface area contributed by atoms with E-state index < -0.39 is 65.9 Å². The van der Waals surface area contributed by atoms with E-state index >= 15 is 0 Å². The molecule has 0 rings (SSSR count). The van der Waals surface area contributed by atoms with Gasteiger partial charge in [0.2, 0.25) is 0 Å². The van der Waals surface area contributed by atoms with E-state index in [0.29, 0.717) is 13.0 Å². The summed E-state index contributed by atoms with van der Waals surface area (Å²) in [5.41, 5.74) is 30.6. The first-order valence-corrected chi connectivity index (χ1v) is 12.9. The Labute approximate surface area is 244 Å². The van der Waals surface area contributed by atoms with Gasteiger partial charge in [-0.3, -0.25) is 24.0 Å². The minimum absolute atomic E-state index is 0.0231. The Kier molecular flexibility index (Phi) is 30.7. The smallest absolute Gasteiger partial charge is 0.320 e. The fourth-order valence-electron chi connectivity index (χ4n) is 1.94. The molecule has 19 nitrogen and oxygen atoms in total. The van der Waals surface area contributed by atoms with Crippen molar-refractivity contribution in [2.45, 2.75) is 82.0 Å². The van der Waals surface area contributed by atoms with Crippen LogP contribution in [0.1, 0.15) is 57.8 Å². The Morgan fingerprint density at radius 3 is 1.20 bits per heavy atom. The van der Waals surface area contributed by atoms with E-state index in [1.54, 1.807) is 0 Å². The average molecular weight is 663 g/mol. The zero-order valence-electron chi connectivity index (χ0n) is 22.4. The summed E-state index contributed by atoms with van der Waals surface area (Å²) < 4.78 is 4.39. The third-order valence-corrected chi connectivity index (χ3v) is 4.87. The van der Waals surface area contributed by atoms with Crippen LogP contribution in [-0.2, 0) is 37.3 Å². The zero-order valence-corrected chi connectivity index (χ0v) is 24.8. The van der Waals surface area contributed by atoms with Crippen molar-refractivity contribution in [2.75, 3.05) is 6.54 Å². The van der Waals surface area contributed by atoms with E-state index in [1.165, 1.54) is 0 Å². The second kappa shape index (κ2) is 28.2. The predicted molar refractivity (Wildman–Crippen MR) is 145 cm³/mol. The van der Waals surface area contributed by atoms with Crippen LogP contribution in [0.25, 0.3) is 0 Å². The van der Waals surface area contributed by atoms with Gasteiger partial charge in [-0.2, -0.15) is 0 Å². The molecule has 0 aliphatic carbocycles. The maximum Gasteiger partial charge on any atom is 0.320 e. The number of carbonyl (C=O) groups is 7. The molecule has 0 spiro atoms. The molecule has 240 valence electrons. The van der Waals surface area contributed by atoms with Crippen LogP contribution in [0, 0.1) is 0 Å². The van der Waals surface area contributed by atoms with Crippen molar-refractivity contribution in [3.05, 3.63) is 0 Å². The first-order valence-electron chi connectivity index (χ1n) is 11.9. The molecular formula is C21H43AsN6O13. The molecule has 0 aliphatic heterocycles. The van der Waals surface area contributed by atoms with Crippen LogP contribution >= 0.6 is 0 Å². The molecule has 41 heavy (non-hydrogen) atoms. The summed E-state index contributed by atoms with van der Waals surface area (Å²) >= 11 is 0.831. The van der Waals surface area contributed by atoms with Crippen LogP contribution in [0.3, 0.4) is 0 Å². The molecule has 1 unspecified atom stereocenters. The number of hydrogen-bond donors (Lipinski definition) is 11. The topological polar surface area (TPSA) is 386 Å². The van der Waals surface area contributed by atoms with E-state index in [0.717, 1.165) is 30.0 Å². The van der Waals surface area contributed by atoms with Crippen LogP contribution in [0.2, 0.25) is 0 Å². The predicted octanol–water partition coefficient (Wildman–Crippen LogP) is -4.28. The molecule has 0 saturated heterocycles. The fourth-order valence-corrected chi connectivity index (χ4v) is 2.31. The number of unbranched alkanes of at least 4 members (excludes halogenated alkanes) is 1. The van der Waals surface area contributed by atoms with Gasteiger partial charge < -0.3 is 48.5 Å². The first kappa shape index (κ1) is 44.7. The van der Waals surface area contributed by atoms with Crippen molar-refractivity contribution >= 4 is 58.9 Å². The van der Waals surface area contributed by atoms with Crippen LogP contribution in [0.15, 0.2) is 0 Å². The molecule has 0 aromatic heterocycles. The third kappa shape index (κ3) is 36.6. The number of carboxylic acid groups (broad SMARTS) is 5. The number of amides is 1. The maximum atomic E-state index is 10.6. The minimum Gasteiger partial charge on any atom is -0.481 e. The Hall–Kier alpha value is -3.35. The molecule has 5 atom stereocenters. The molecule has 0 bridgehead atoms. The number of aliphatic carboxylic acids is 5. The summed E-state index contributed by atoms with van der Waals surface area (Å²) in [7, 11) is 0. The van der Waals surface area contributed by atoms with Gasteiger partial charge in [0.1, 0.15) is 18.1 Å². The second-order valence-corrected chi connectivity index (χ2v) is 8.53. The molecule has 0 aromatic rings. The molecule has 20 heteroatoms. The van der Waals surface area contributed by atoms with E-state index in [1.807, 2.05) is 0 Å². The maximum absolute atomic E-state index is 10.6. The SMILES string of the molecule is NC(=O)CC[C@H](N)C(=O)O[AsH2].NCCCC[C@H](N)C(=O)O.N[C@@H](CCC(=O)O)C(=O)O.N[C@@H](CCC(=O)O)C(=O)O. The van der Waals surface area contributed by atoms with Crippen molar-refractivity contribution in [3.63, 3.8) is 0 Å². The van der Waals surface area contributed by atoms with Crippen molar-refractivity contribution in [3.8, 4) is 0 Å². The van der Waals surface area contributed by atoms with Crippen molar-refractivity contribution < 1.29 is 62.8 Å². The molecule has 0 radical (unpaired) electrons. The Balaban J connectivity index is -0.000000223. The Bertz CT molecular complexity index is 785. The third-order valence-electron chi connectivity index (χ3n) is 4.38. The van der Waals surface area contributed by atoms with E-state index in [4.69, 9.17) is 59.9 Å². The van der Waals surface area contributed by atoms with Gasteiger partial charge in [-0.1, -0.05) is 6.42 Å². The summed E-state index contributed by atoms with van der Waals surface area (Å²) in [4.78, 5) is 70.8. The molecular weight excluding hydrogens is 619 g/mol. The fraction of sp³-hybridized carbons (Fsp3) is 0.667. The van der Waals surface area contributed by atoms with E-state index in [-0.39, 0.29) is 38.5 Å². The first-order chi connectivity index (χ1) is 18.8. The summed E-state index contributed by atoms with van der Waals surface area (Å²) in [6.07, 6.45) is 2.08. The summed E-state index contributed by atoms with van der Waals surface area (Å²) in [5, 5.41) is 40.9. The van der Waals surface area contributed by atoms with Crippen LogP contribution < -0.4 is 34.4 Å². The van der Waals surface area contributed by atoms with Gasteiger partial charge in [0.05, 0.1) is 0 Å². The van der Waals surface area contributed by atoms with Crippen LogP contribution in [0.5, 0.6) is 0 Å². The number of nitrogens with two attached hydrogens (primary N) is 6. The van der Waals surface area contributed by atoms with Gasteiger partial charge in [-0.25, -0.2) is 0 Å². The quantitative estimate of drug-likeness (QED) is 0.0518. The van der Waals surface area contributed by atoms with E-state index in [2.05, 4.69) is 3.73 Å². The second-order valence-electron chi connectivity index (χ2n) is 8.03. The molecule has 0 fully saturated rings. The van der Waals surface area contributed by atoms with E-state index in [9.17, 15) is 33.6 Å². The number of rotatable bonds is 17. The van der Waals surface area contributed by atoms with Crippen LogP contribution in [-0.4, -0.2) is 115 Å². The monoisotopic (exact) mass is 662 g/mol. The van der Waals surface area contributed by atoms with Crippen molar-refractivity contribution in [2.24, 2.45) is 34.4 Å². The molecule has 0 saturated carbocycles. The van der Waals surface area contributed by atoms with Crippen molar-refractivity contribution in [1.82, 2.24) is 0 Å². The molecule has 0 heterocycles. The van der Waals surface area contributed by atoms with Crippen LogP contribution in [0.4, 0.5) is 0 Å². The number of carbonyl (C=O) groups excluding carboxylic acids is 2. The van der Waals surface area contributed by atoms with Crippen molar-refractivity contribution in [1.29, 1.82) is 0 Å². The Morgan fingerprint density at radius 2 is 0.927 bits per heavy atom. The zero-order chi connectivity index (χ0) is 33.1. The van der Waals surface area contributed by atoms with Gasteiger partial charge in [0.15, 0.2) is 0 Å². The van der Waals surface area contributed by atoms with Gasteiger partial charge in [-0.05, 0) is 32.2 Å². The summed E-state index contributed by atoms with van der Waals surface area (Å²) in [6.45, 7) is 0.604. The van der Waals surface area contributed by atoms with Gasteiger partial charge in [0.25, 0.3) is 0 Å². The molecule has 0 aromatic carbocycles. The number of primary amides is 1. The van der Waals surface area contributed by atoms with Gasteiger partial charge in [0, 0.05) is 12.8 Å². The average Bonchev–Trinajstić information content (AvgIpc) is 2.89. The summed E-state index contributed by atoms with van der Waals surface area (Å²) in [5.74, 6) is -6.28. The molecule has 0 aliphatic rings. The minimum atomic E-state index is -1.17. The molecule has 17 N–H and O–H groups in total. The number of carboxylic acids is 5. The summed E-state index contributed by atoms with van der Waals surface area (Å²) in [6, 6.07) is -3.56. The number of hydrogen-bond acceptors (Lipinski definition) is 13. The standard InChI is InChI=1S/C6H14N2O2.C5H11AsN2O3.2C5H9NO4/c7-4-2-1-3-5(8)6(9)10;6-11-5(10)3(7)1-2-4(8)9;2*6-3(5(9)10)1-2-4(7)8/h5H,1-4,7-8H2,(H,9,10);3H,1-2,6-7H2,(H2,8,9);2*3H,1-2,6H2,(H,7,8)(H,9,10)/t5-;3*3-/m0000/s1. The normalized spacial score (nSPS) is 12.5. The Morgan fingerprint density at radius 1 is 0.585 bits per heavy atom. The van der Waals surface area contributed by atoms with Gasteiger partial charge >= 0.3 is 103 Å². The van der Waals surface area contributed by atoms with Gasteiger partial charge in [-0.15, -0.1) is 0 Å². The largest absolute Gasteiger partial charge is 0.481 e.